The van der Waals surface area contributed by atoms with Crippen LogP contribution in [0.4, 0.5) is 0 Å². The molecule has 0 aliphatic carbocycles. The smallest absolute Gasteiger partial charge is 0.228 e. The van der Waals surface area contributed by atoms with Crippen LogP contribution in [-0.2, 0) is 11.2 Å². The van der Waals surface area contributed by atoms with Crippen LogP contribution in [0.5, 0.6) is 0 Å². The van der Waals surface area contributed by atoms with Crippen molar-refractivity contribution in [2.45, 2.75) is 39.7 Å². The van der Waals surface area contributed by atoms with Crippen LogP contribution in [0.25, 0.3) is 0 Å². The number of nitrogens with zero attached hydrogens (tertiary/aromatic N) is 1. The highest BCUT2D eigenvalue weighted by Crippen LogP contribution is 2.17. The monoisotopic (exact) mass is 284 g/mol. The van der Waals surface area contributed by atoms with Gasteiger partial charge in [-0.15, -0.1) is 0 Å². The molecular formula is C18H24N2O. The molecule has 0 fully saturated rings. The van der Waals surface area contributed by atoms with Gasteiger partial charge in [0.1, 0.15) is 0 Å². The molecule has 1 amide bonds. The SMILES string of the molecule is Cc1ccccc1CC(=O)NC1=CCN(C(C)(C)C)C=C1. The van der Waals surface area contributed by atoms with Crippen LogP contribution in [0.1, 0.15) is 31.9 Å². The summed E-state index contributed by atoms with van der Waals surface area (Å²) in [5.74, 6) is 0.0319. The first-order valence-electron chi connectivity index (χ1n) is 7.36. The summed E-state index contributed by atoms with van der Waals surface area (Å²) in [6.07, 6.45) is 6.48. The second-order valence-corrected chi connectivity index (χ2v) is 6.45. The number of carbonyl (C=O) groups is 1. The van der Waals surface area contributed by atoms with Gasteiger partial charge in [0.15, 0.2) is 0 Å². The lowest BCUT2D eigenvalue weighted by atomic mass is 10.0. The minimum atomic E-state index is 0.0319. The first-order chi connectivity index (χ1) is 9.86. The van der Waals surface area contributed by atoms with E-state index >= 15 is 0 Å². The van der Waals surface area contributed by atoms with E-state index < -0.39 is 0 Å². The van der Waals surface area contributed by atoms with Crippen LogP contribution in [0.3, 0.4) is 0 Å². The quantitative estimate of drug-likeness (QED) is 0.924. The Morgan fingerprint density at radius 2 is 2.00 bits per heavy atom. The summed E-state index contributed by atoms with van der Waals surface area (Å²) in [5.41, 5.74) is 3.21. The maximum Gasteiger partial charge on any atom is 0.228 e. The largest absolute Gasteiger partial charge is 0.369 e. The molecule has 112 valence electrons. The van der Waals surface area contributed by atoms with E-state index in [4.69, 9.17) is 0 Å². The molecule has 0 bridgehead atoms. The fourth-order valence-electron chi connectivity index (χ4n) is 2.27. The van der Waals surface area contributed by atoms with Crippen LogP contribution in [0.2, 0.25) is 0 Å². The molecule has 3 heteroatoms. The molecule has 0 saturated heterocycles. The molecule has 0 spiro atoms. The number of rotatable bonds is 3. The van der Waals surface area contributed by atoms with Crippen molar-refractivity contribution in [1.82, 2.24) is 10.2 Å². The van der Waals surface area contributed by atoms with Crippen molar-refractivity contribution in [3.63, 3.8) is 0 Å². The van der Waals surface area contributed by atoms with Gasteiger partial charge in [-0.1, -0.05) is 24.3 Å². The Bertz CT molecular complexity index is 579. The molecule has 0 radical (unpaired) electrons. The summed E-state index contributed by atoms with van der Waals surface area (Å²) in [4.78, 5) is 14.4. The summed E-state index contributed by atoms with van der Waals surface area (Å²) >= 11 is 0. The van der Waals surface area contributed by atoms with Gasteiger partial charge in [-0.2, -0.15) is 0 Å². The van der Waals surface area contributed by atoms with Gasteiger partial charge in [-0.3, -0.25) is 4.79 Å². The van der Waals surface area contributed by atoms with Gasteiger partial charge in [0.05, 0.1) is 6.42 Å². The van der Waals surface area contributed by atoms with Gasteiger partial charge in [0.25, 0.3) is 0 Å². The summed E-state index contributed by atoms with van der Waals surface area (Å²) in [6, 6.07) is 7.99. The topological polar surface area (TPSA) is 32.3 Å². The van der Waals surface area contributed by atoms with Crippen LogP contribution in [0.15, 0.2) is 48.3 Å². The Hall–Kier alpha value is -2.03. The van der Waals surface area contributed by atoms with Crippen molar-refractivity contribution in [3.05, 3.63) is 59.4 Å². The number of amides is 1. The van der Waals surface area contributed by atoms with Crippen LogP contribution in [-0.4, -0.2) is 22.9 Å². The molecule has 0 aromatic heterocycles. The van der Waals surface area contributed by atoms with E-state index in [2.05, 4.69) is 37.1 Å². The van der Waals surface area contributed by atoms with Crippen molar-refractivity contribution in [2.24, 2.45) is 0 Å². The van der Waals surface area contributed by atoms with E-state index in [1.54, 1.807) is 0 Å². The predicted molar refractivity (Wildman–Crippen MR) is 86.7 cm³/mol. The van der Waals surface area contributed by atoms with Gasteiger partial charge >= 0.3 is 0 Å². The number of allylic oxidation sites excluding steroid dienone is 1. The minimum Gasteiger partial charge on any atom is -0.369 e. The van der Waals surface area contributed by atoms with Crippen molar-refractivity contribution >= 4 is 5.91 Å². The molecule has 1 aliphatic rings. The zero-order valence-corrected chi connectivity index (χ0v) is 13.3. The summed E-state index contributed by atoms with van der Waals surface area (Å²) in [6.45, 7) is 9.37. The van der Waals surface area contributed by atoms with E-state index in [-0.39, 0.29) is 11.4 Å². The van der Waals surface area contributed by atoms with E-state index in [0.717, 1.165) is 23.4 Å². The molecule has 1 aliphatic heterocycles. The predicted octanol–water partition coefficient (Wildman–Crippen LogP) is 3.17. The van der Waals surface area contributed by atoms with Gasteiger partial charge in [-0.05, 0) is 51.0 Å². The molecule has 21 heavy (non-hydrogen) atoms. The highest BCUT2D eigenvalue weighted by atomic mass is 16.1. The standard InChI is InChI=1S/C18H24N2O/c1-14-7-5-6-8-15(14)13-17(21)19-16-9-11-20(12-10-16)18(2,3)4/h5-11H,12-13H2,1-4H3,(H,19,21). The Labute approximate surface area is 127 Å². The normalized spacial score (nSPS) is 14.9. The molecule has 2 rings (SSSR count). The first-order valence-corrected chi connectivity index (χ1v) is 7.36. The Morgan fingerprint density at radius 1 is 1.29 bits per heavy atom. The zero-order valence-electron chi connectivity index (χ0n) is 13.3. The fraction of sp³-hybridized carbons (Fsp3) is 0.389. The Kier molecular flexibility index (Phi) is 4.51. The van der Waals surface area contributed by atoms with Gasteiger partial charge in [-0.25, -0.2) is 0 Å². The zero-order chi connectivity index (χ0) is 15.5. The number of aryl methyl sites for hydroxylation is 1. The second-order valence-electron chi connectivity index (χ2n) is 6.45. The third-order valence-electron chi connectivity index (χ3n) is 3.70. The third kappa shape index (κ3) is 4.22. The number of benzene rings is 1. The first kappa shape index (κ1) is 15.4. The van der Waals surface area contributed by atoms with Gasteiger partial charge in [0, 0.05) is 24.0 Å². The van der Waals surface area contributed by atoms with E-state index in [9.17, 15) is 4.79 Å². The number of hydrogen-bond donors (Lipinski definition) is 1. The second kappa shape index (κ2) is 6.17. The number of nitrogens with one attached hydrogen (secondary N) is 1. The van der Waals surface area contributed by atoms with Crippen molar-refractivity contribution in [1.29, 1.82) is 0 Å². The van der Waals surface area contributed by atoms with Gasteiger partial charge in [0.2, 0.25) is 5.91 Å². The lowest BCUT2D eigenvalue weighted by Gasteiger charge is -2.35. The Morgan fingerprint density at radius 3 is 2.57 bits per heavy atom. The van der Waals surface area contributed by atoms with E-state index in [1.165, 1.54) is 0 Å². The van der Waals surface area contributed by atoms with Crippen LogP contribution in [0, 0.1) is 6.92 Å². The molecule has 0 saturated carbocycles. The maximum absolute atomic E-state index is 12.1. The van der Waals surface area contributed by atoms with Crippen molar-refractivity contribution in [3.8, 4) is 0 Å². The van der Waals surface area contributed by atoms with Crippen molar-refractivity contribution < 1.29 is 4.79 Å². The molecular weight excluding hydrogens is 260 g/mol. The highest BCUT2D eigenvalue weighted by Gasteiger charge is 2.19. The Balaban J connectivity index is 1.92. The molecule has 1 heterocycles. The average molecular weight is 284 g/mol. The van der Waals surface area contributed by atoms with Crippen LogP contribution >= 0.6 is 0 Å². The lowest BCUT2D eigenvalue weighted by Crippen LogP contribution is -2.39. The van der Waals surface area contributed by atoms with Crippen LogP contribution < -0.4 is 5.32 Å². The minimum absolute atomic E-state index is 0.0319. The molecule has 0 unspecified atom stereocenters. The summed E-state index contributed by atoms with van der Waals surface area (Å²) in [5, 5.41) is 2.98. The average Bonchev–Trinajstić information content (AvgIpc) is 2.41. The van der Waals surface area contributed by atoms with Crippen molar-refractivity contribution in [2.75, 3.05) is 6.54 Å². The van der Waals surface area contributed by atoms with E-state index in [1.807, 2.05) is 43.5 Å². The molecule has 1 N–H and O–H groups in total. The molecule has 3 nitrogen and oxygen atoms in total. The molecule has 0 atom stereocenters. The molecule has 1 aromatic carbocycles. The molecule has 1 aromatic rings. The lowest BCUT2D eigenvalue weighted by molar-refractivity contribution is -0.119. The third-order valence-corrected chi connectivity index (χ3v) is 3.70. The number of hydrogen-bond acceptors (Lipinski definition) is 2. The summed E-state index contributed by atoms with van der Waals surface area (Å²) < 4.78 is 0. The number of carbonyl (C=O) groups excluding carboxylic acids is 1. The highest BCUT2D eigenvalue weighted by molar-refractivity contribution is 5.81. The van der Waals surface area contributed by atoms with Gasteiger partial charge < -0.3 is 10.2 Å². The van der Waals surface area contributed by atoms with E-state index in [0.29, 0.717) is 6.42 Å². The maximum atomic E-state index is 12.1. The fourth-order valence-corrected chi connectivity index (χ4v) is 2.27. The summed E-state index contributed by atoms with van der Waals surface area (Å²) in [7, 11) is 0.